The van der Waals surface area contributed by atoms with Crippen molar-refractivity contribution in [2.24, 2.45) is 0 Å². The summed E-state index contributed by atoms with van der Waals surface area (Å²) in [5.41, 5.74) is 8.55. The van der Waals surface area contributed by atoms with Crippen LogP contribution in [-0.2, 0) is 0 Å². The number of fused-ring (bicyclic) bond motifs is 5. The van der Waals surface area contributed by atoms with Crippen molar-refractivity contribution in [1.82, 2.24) is 9.97 Å². The summed E-state index contributed by atoms with van der Waals surface area (Å²) in [6.07, 6.45) is 1.83. The van der Waals surface area contributed by atoms with E-state index in [0.717, 1.165) is 61.1 Å². The number of pyridine rings is 2. The van der Waals surface area contributed by atoms with E-state index in [2.05, 4.69) is 102 Å². The van der Waals surface area contributed by atoms with Crippen molar-refractivity contribution < 1.29 is 4.74 Å². The summed E-state index contributed by atoms with van der Waals surface area (Å²) in [6.45, 7) is 0. The number of hydrogen-bond donors (Lipinski definition) is 0. The highest BCUT2D eigenvalue weighted by Gasteiger charge is 2.21. The van der Waals surface area contributed by atoms with E-state index in [9.17, 15) is 0 Å². The van der Waals surface area contributed by atoms with Gasteiger partial charge in [0.15, 0.2) is 0 Å². The van der Waals surface area contributed by atoms with Gasteiger partial charge in [-0.3, -0.25) is 4.98 Å². The summed E-state index contributed by atoms with van der Waals surface area (Å²) in [5, 5.41) is 4.53. The summed E-state index contributed by atoms with van der Waals surface area (Å²) in [6, 6.07) is 40.1. The Morgan fingerprint density at radius 2 is 1.32 bits per heavy atom. The van der Waals surface area contributed by atoms with Crippen molar-refractivity contribution in [2.45, 2.75) is 0 Å². The molecule has 1 aliphatic heterocycles. The maximum Gasteiger partial charge on any atom is 0.135 e. The average molecular weight is 473 g/mol. The minimum atomic E-state index is 0.903. The quantitative estimate of drug-likeness (QED) is 0.235. The number of para-hydroxylation sites is 1. The van der Waals surface area contributed by atoms with Crippen LogP contribution in [0.3, 0.4) is 0 Å². The van der Waals surface area contributed by atoms with E-state index >= 15 is 0 Å². The van der Waals surface area contributed by atoms with Gasteiger partial charge in [0.25, 0.3) is 0 Å². The van der Waals surface area contributed by atoms with Crippen LogP contribution in [-0.4, -0.2) is 9.97 Å². The molecular weight excluding hydrogens is 452 g/mol. The van der Waals surface area contributed by atoms with E-state index in [1.165, 1.54) is 16.5 Å². The Bertz CT molecular complexity index is 2030. The molecule has 172 valence electrons. The summed E-state index contributed by atoms with van der Waals surface area (Å²) in [4.78, 5) is 9.68. The van der Waals surface area contributed by atoms with Gasteiger partial charge in [-0.05, 0) is 52.4 Å². The van der Waals surface area contributed by atoms with Gasteiger partial charge in [0.2, 0.25) is 0 Å². The molecule has 0 fully saturated rings. The van der Waals surface area contributed by atoms with Gasteiger partial charge in [0.05, 0.1) is 16.7 Å². The lowest BCUT2D eigenvalue weighted by Crippen LogP contribution is -1.97. The third-order valence-corrected chi connectivity index (χ3v) is 7.30. The highest BCUT2D eigenvalue weighted by Crippen LogP contribution is 2.48. The van der Waals surface area contributed by atoms with Crippen LogP contribution >= 0.6 is 0 Å². The van der Waals surface area contributed by atoms with Crippen molar-refractivity contribution in [2.75, 3.05) is 0 Å². The van der Waals surface area contributed by atoms with Crippen molar-refractivity contribution in [3.63, 3.8) is 0 Å². The lowest BCUT2D eigenvalue weighted by Gasteiger charge is -2.22. The second-order valence-corrected chi connectivity index (χ2v) is 9.43. The van der Waals surface area contributed by atoms with E-state index in [1.807, 2.05) is 24.4 Å². The van der Waals surface area contributed by atoms with Crippen LogP contribution in [0.5, 0.6) is 11.5 Å². The van der Waals surface area contributed by atoms with Gasteiger partial charge >= 0.3 is 0 Å². The van der Waals surface area contributed by atoms with Crippen LogP contribution in [0.15, 0.2) is 121 Å². The van der Waals surface area contributed by atoms with Crippen LogP contribution in [0.4, 0.5) is 0 Å². The van der Waals surface area contributed by atoms with Gasteiger partial charge in [-0.15, -0.1) is 0 Å². The molecule has 0 atom stereocenters. The Morgan fingerprint density at radius 3 is 2.30 bits per heavy atom. The summed E-state index contributed by atoms with van der Waals surface area (Å²) >= 11 is 0. The van der Waals surface area contributed by atoms with Crippen molar-refractivity contribution >= 4 is 32.6 Å². The number of hydrogen-bond acceptors (Lipinski definition) is 3. The Hall–Kier alpha value is -5.02. The highest BCUT2D eigenvalue weighted by molar-refractivity contribution is 6.10. The van der Waals surface area contributed by atoms with E-state index in [-0.39, 0.29) is 0 Å². The molecule has 7 aromatic rings. The Balaban J connectivity index is 1.30. The molecule has 0 unspecified atom stereocenters. The highest BCUT2D eigenvalue weighted by atomic mass is 16.5. The zero-order valence-electron chi connectivity index (χ0n) is 19.8. The number of benzene rings is 5. The van der Waals surface area contributed by atoms with Gasteiger partial charge in [0.1, 0.15) is 11.5 Å². The lowest BCUT2D eigenvalue weighted by molar-refractivity contribution is 0.487. The molecule has 0 N–H and O–H groups in total. The minimum absolute atomic E-state index is 0.903. The Labute approximate surface area is 213 Å². The third kappa shape index (κ3) is 3.08. The zero-order valence-corrected chi connectivity index (χ0v) is 19.8. The molecule has 3 heteroatoms. The van der Waals surface area contributed by atoms with Crippen LogP contribution in [0.25, 0.3) is 66.1 Å². The standard InChI is InChI=1S/C34H20N2O/c1-2-12-30-26(9-1)28-11-4-10-27-25(16-18-31(37-30)32(27)28)23-6-3-7-24(20-23)29-17-15-22-14-13-21-8-5-19-35-33(21)34(22)36-29/h1-20H. The lowest BCUT2D eigenvalue weighted by atomic mass is 9.90. The first-order valence-corrected chi connectivity index (χ1v) is 12.4. The van der Waals surface area contributed by atoms with Gasteiger partial charge in [0, 0.05) is 33.5 Å². The maximum absolute atomic E-state index is 6.29. The molecule has 0 bridgehead atoms. The monoisotopic (exact) mass is 472 g/mol. The molecule has 0 radical (unpaired) electrons. The molecule has 3 nitrogen and oxygen atoms in total. The fraction of sp³-hybridized carbons (Fsp3) is 0. The Kier molecular flexibility index (Phi) is 4.23. The van der Waals surface area contributed by atoms with Crippen molar-refractivity contribution in [3.05, 3.63) is 121 Å². The fourth-order valence-corrected chi connectivity index (χ4v) is 5.56. The molecule has 1 aliphatic rings. The second-order valence-electron chi connectivity index (χ2n) is 9.43. The van der Waals surface area contributed by atoms with Gasteiger partial charge in [-0.25, -0.2) is 4.98 Å². The predicted octanol–water partition coefficient (Wildman–Crippen LogP) is 9.04. The summed E-state index contributed by atoms with van der Waals surface area (Å²) < 4.78 is 6.29. The minimum Gasteiger partial charge on any atom is -0.456 e. The average Bonchev–Trinajstić information content (AvgIpc) is 2.97. The van der Waals surface area contributed by atoms with Gasteiger partial charge < -0.3 is 4.74 Å². The van der Waals surface area contributed by atoms with Gasteiger partial charge in [-0.2, -0.15) is 0 Å². The van der Waals surface area contributed by atoms with Crippen molar-refractivity contribution in [1.29, 1.82) is 0 Å². The first-order valence-electron chi connectivity index (χ1n) is 12.4. The molecule has 3 heterocycles. The van der Waals surface area contributed by atoms with Crippen LogP contribution < -0.4 is 4.74 Å². The zero-order chi connectivity index (χ0) is 24.3. The van der Waals surface area contributed by atoms with E-state index in [4.69, 9.17) is 9.72 Å². The SMILES string of the molecule is c1cc(-c2ccc3ccc4cccnc4c3n2)cc(-c2ccc3c4c(cccc24)-c2ccccc2O3)c1. The van der Waals surface area contributed by atoms with Crippen LogP contribution in [0.2, 0.25) is 0 Å². The second kappa shape index (κ2) is 7.74. The van der Waals surface area contributed by atoms with Crippen LogP contribution in [0, 0.1) is 0 Å². The molecule has 0 saturated heterocycles. The summed E-state index contributed by atoms with van der Waals surface area (Å²) in [7, 11) is 0. The van der Waals surface area contributed by atoms with Crippen LogP contribution in [0.1, 0.15) is 0 Å². The first kappa shape index (κ1) is 20.2. The van der Waals surface area contributed by atoms with E-state index < -0.39 is 0 Å². The molecule has 8 rings (SSSR count). The largest absolute Gasteiger partial charge is 0.456 e. The number of nitrogens with zero attached hydrogens (tertiary/aromatic N) is 2. The topological polar surface area (TPSA) is 35.0 Å². The number of aromatic nitrogens is 2. The fourth-order valence-electron chi connectivity index (χ4n) is 5.56. The Morgan fingerprint density at radius 1 is 0.514 bits per heavy atom. The molecule has 0 amide bonds. The molecule has 0 spiro atoms. The molecule has 0 aliphatic carbocycles. The normalized spacial score (nSPS) is 12.0. The molecule has 0 saturated carbocycles. The van der Waals surface area contributed by atoms with E-state index in [1.54, 1.807) is 0 Å². The van der Waals surface area contributed by atoms with Gasteiger partial charge in [-0.1, -0.05) is 84.9 Å². The number of rotatable bonds is 2. The maximum atomic E-state index is 6.29. The predicted molar refractivity (Wildman–Crippen MR) is 151 cm³/mol. The van der Waals surface area contributed by atoms with E-state index in [0.29, 0.717) is 0 Å². The molecule has 37 heavy (non-hydrogen) atoms. The third-order valence-electron chi connectivity index (χ3n) is 7.30. The van der Waals surface area contributed by atoms with Crippen molar-refractivity contribution in [3.8, 4) is 45.0 Å². The molecule has 5 aromatic carbocycles. The smallest absolute Gasteiger partial charge is 0.135 e. The number of ether oxygens (including phenoxy) is 1. The molecule has 2 aromatic heterocycles. The first-order chi connectivity index (χ1) is 18.3. The molecular formula is C34H20N2O. The summed E-state index contributed by atoms with van der Waals surface area (Å²) in [5.74, 6) is 1.81.